The fourth-order valence-electron chi connectivity index (χ4n) is 1.78. The van der Waals surface area contributed by atoms with Crippen LogP contribution in [0.2, 0.25) is 0 Å². The van der Waals surface area contributed by atoms with Crippen molar-refractivity contribution >= 4 is 17.7 Å². The molecule has 0 amide bonds. The molecule has 0 unspecified atom stereocenters. The minimum Gasteiger partial charge on any atom is -0.463 e. The van der Waals surface area contributed by atoms with Crippen molar-refractivity contribution in [1.29, 1.82) is 0 Å². The molecule has 0 saturated heterocycles. The van der Waals surface area contributed by atoms with Crippen LogP contribution in [0.5, 0.6) is 0 Å². The predicted molar refractivity (Wildman–Crippen MR) is 79.3 cm³/mol. The number of carbonyl (C=O) groups is 1. The van der Waals surface area contributed by atoms with E-state index in [4.69, 9.17) is 8.83 Å². The van der Waals surface area contributed by atoms with Gasteiger partial charge in [0.2, 0.25) is 11.7 Å². The van der Waals surface area contributed by atoms with E-state index in [0.29, 0.717) is 28.2 Å². The molecular weight excluding hydrogens is 323 g/mol. The van der Waals surface area contributed by atoms with Gasteiger partial charge in [0.25, 0.3) is 5.22 Å². The first kappa shape index (κ1) is 15.3. The third kappa shape index (κ3) is 3.59. The standard InChI is InChI=1S/C15H11FN2O4S/c1-20-14(19)12-7-6-11(21-12)8-23-15-18-17-13(22-15)9-2-4-10(16)5-3-9/h2-7H,8H2,1H3. The summed E-state index contributed by atoms with van der Waals surface area (Å²) in [5, 5.41) is 8.17. The largest absolute Gasteiger partial charge is 0.463 e. The minimum atomic E-state index is -0.530. The molecule has 0 N–H and O–H groups in total. The van der Waals surface area contributed by atoms with Crippen molar-refractivity contribution in [2.45, 2.75) is 11.0 Å². The van der Waals surface area contributed by atoms with Crippen molar-refractivity contribution in [3.05, 3.63) is 53.7 Å². The Bertz CT molecular complexity index is 813. The van der Waals surface area contributed by atoms with E-state index in [1.54, 1.807) is 24.3 Å². The molecule has 6 nitrogen and oxygen atoms in total. The molecule has 8 heteroatoms. The monoisotopic (exact) mass is 334 g/mol. The van der Waals surface area contributed by atoms with Gasteiger partial charge in [-0.05, 0) is 36.4 Å². The predicted octanol–water partition coefficient (Wildman–Crippen LogP) is 3.55. The van der Waals surface area contributed by atoms with E-state index < -0.39 is 5.97 Å². The van der Waals surface area contributed by atoms with E-state index in [-0.39, 0.29) is 11.6 Å². The first-order valence-electron chi connectivity index (χ1n) is 6.55. The number of thioether (sulfide) groups is 1. The Kier molecular flexibility index (Phi) is 4.42. The van der Waals surface area contributed by atoms with Crippen LogP contribution in [0.1, 0.15) is 16.3 Å². The van der Waals surface area contributed by atoms with Crippen molar-refractivity contribution in [2.75, 3.05) is 7.11 Å². The van der Waals surface area contributed by atoms with Crippen molar-refractivity contribution in [1.82, 2.24) is 10.2 Å². The summed E-state index contributed by atoms with van der Waals surface area (Å²) in [6.45, 7) is 0. The average molecular weight is 334 g/mol. The Hall–Kier alpha value is -2.61. The van der Waals surface area contributed by atoms with Crippen LogP contribution in [0.4, 0.5) is 4.39 Å². The molecule has 1 aromatic carbocycles. The highest BCUT2D eigenvalue weighted by Gasteiger charge is 2.13. The highest BCUT2D eigenvalue weighted by Crippen LogP contribution is 2.26. The number of benzene rings is 1. The number of hydrogen-bond acceptors (Lipinski definition) is 7. The van der Waals surface area contributed by atoms with Gasteiger partial charge in [-0.15, -0.1) is 10.2 Å². The summed E-state index contributed by atoms with van der Waals surface area (Å²) < 4.78 is 28.3. The molecule has 2 heterocycles. The number of ether oxygens (including phenoxy) is 1. The van der Waals surface area contributed by atoms with Gasteiger partial charge < -0.3 is 13.6 Å². The van der Waals surface area contributed by atoms with Gasteiger partial charge in [-0.3, -0.25) is 0 Å². The molecule has 0 aliphatic carbocycles. The lowest BCUT2D eigenvalue weighted by molar-refractivity contribution is 0.0563. The normalized spacial score (nSPS) is 10.7. The molecule has 0 fully saturated rings. The number of aromatic nitrogens is 2. The first-order valence-corrected chi connectivity index (χ1v) is 7.53. The summed E-state index contributed by atoms with van der Waals surface area (Å²) >= 11 is 1.26. The third-order valence-corrected chi connectivity index (χ3v) is 3.72. The molecule has 0 aliphatic heterocycles. The Labute approximate surface area is 134 Å². The van der Waals surface area contributed by atoms with Gasteiger partial charge in [0, 0.05) is 5.56 Å². The lowest BCUT2D eigenvalue weighted by Gasteiger charge is -1.95. The zero-order valence-corrected chi connectivity index (χ0v) is 12.8. The Balaban J connectivity index is 1.64. The fraction of sp³-hybridized carbons (Fsp3) is 0.133. The Morgan fingerprint density at radius 2 is 1.96 bits per heavy atom. The molecular formula is C15H11FN2O4S. The molecule has 118 valence electrons. The maximum atomic E-state index is 12.9. The van der Waals surface area contributed by atoms with Gasteiger partial charge >= 0.3 is 5.97 Å². The van der Waals surface area contributed by atoms with Crippen LogP contribution >= 0.6 is 11.8 Å². The van der Waals surface area contributed by atoms with E-state index >= 15 is 0 Å². The number of methoxy groups -OCH3 is 1. The third-order valence-electron chi connectivity index (χ3n) is 2.88. The second-order valence-electron chi connectivity index (χ2n) is 4.43. The smallest absolute Gasteiger partial charge is 0.373 e. The van der Waals surface area contributed by atoms with Crippen LogP contribution in [0.25, 0.3) is 11.5 Å². The SMILES string of the molecule is COC(=O)c1ccc(CSc2nnc(-c3ccc(F)cc3)o2)o1. The summed E-state index contributed by atoms with van der Waals surface area (Å²) in [7, 11) is 1.29. The van der Waals surface area contributed by atoms with Gasteiger partial charge in [0.05, 0.1) is 12.9 Å². The molecule has 0 radical (unpaired) electrons. The van der Waals surface area contributed by atoms with Crippen molar-refractivity contribution < 1.29 is 22.8 Å². The molecule has 0 saturated carbocycles. The van der Waals surface area contributed by atoms with E-state index in [2.05, 4.69) is 14.9 Å². The molecule has 3 aromatic rings. The zero-order chi connectivity index (χ0) is 16.2. The molecule has 2 aromatic heterocycles. The average Bonchev–Trinajstić information content (AvgIpc) is 3.22. The summed E-state index contributed by atoms with van der Waals surface area (Å²) in [6.07, 6.45) is 0. The van der Waals surface area contributed by atoms with Crippen LogP contribution in [0.3, 0.4) is 0 Å². The lowest BCUT2D eigenvalue weighted by Crippen LogP contribution is -1.98. The Morgan fingerprint density at radius 3 is 2.70 bits per heavy atom. The number of rotatable bonds is 5. The van der Waals surface area contributed by atoms with Crippen LogP contribution in [0, 0.1) is 5.82 Å². The number of esters is 1. The highest BCUT2D eigenvalue weighted by molar-refractivity contribution is 7.98. The molecule has 0 bridgehead atoms. The van der Waals surface area contributed by atoms with Gasteiger partial charge in [-0.1, -0.05) is 11.8 Å². The lowest BCUT2D eigenvalue weighted by atomic mass is 10.2. The molecule has 23 heavy (non-hydrogen) atoms. The first-order chi connectivity index (χ1) is 11.2. The summed E-state index contributed by atoms with van der Waals surface area (Å²) in [4.78, 5) is 11.3. The number of nitrogens with zero attached hydrogens (tertiary/aromatic N) is 2. The number of carbonyl (C=O) groups excluding carboxylic acids is 1. The van der Waals surface area contributed by atoms with Crippen LogP contribution in [-0.4, -0.2) is 23.3 Å². The van der Waals surface area contributed by atoms with Gasteiger partial charge in [0.15, 0.2) is 0 Å². The van der Waals surface area contributed by atoms with Crippen molar-refractivity contribution in [2.24, 2.45) is 0 Å². The number of furan rings is 1. The van der Waals surface area contributed by atoms with Crippen molar-refractivity contribution in [3.8, 4) is 11.5 Å². The molecule has 0 spiro atoms. The van der Waals surface area contributed by atoms with Crippen molar-refractivity contribution in [3.63, 3.8) is 0 Å². The van der Waals surface area contributed by atoms with Crippen LogP contribution < -0.4 is 0 Å². The van der Waals surface area contributed by atoms with Gasteiger partial charge in [0.1, 0.15) is 11.6 Å². The second-order valence-corrected chi connectivity index (χ2v) is 5.35. The highest BCUT2D eigenvalue weighted by atomic mass is 32.2. The minimum absolute atomic E-state index is 0.139. The Morgan fingerprint density at radius 1 is 1.17 bits per heavy atom. The summed E-state index contributed by atoms with van der Waals surface area (Å²) in [5.41, 5.74) is 0.636. The summed E-state index contributed by atoms with van der Waals surface area (Å²) in [5.74, 6) is 0.585. The maximum Gasteiger partial charge on any atom is 0.373 e. The van der Waals surface area contributed by atoms with E-state index in [9.17, 15) is 9.18 Å². The quantitative estimate of drug-likeness (QED) is 0.521. The molecule has 0 aliphatic rings. The van der Waals surface area contributed by atoms with Crippen LogP contribution in [-0.2, 0) is 10.5 Å². The second kappa shape index (κ2) is 6.66. The topological polar surface area (TPSA) is 78.4 Å². The van der Waals surface area contributed by atoms with Gasteiger partial charge in [-0.25, -0.2) is 9.18 Å². The van der Waals surface area contributed by atoms with E-state index in [1.165, 1.54) is 31.0 Å². The molecule has 3 rings (SSSR count). The fourth-order valence-corrected chi connectivity index (χ4v) is 2.43. The number of hydrogen-bond donors (Lipinski definition) is 0. The van der Waals surface area contributed by atoms with E-state index in [1.807, 2.05) is 0 Å². The van der Waals surface area contributed by atoms with Crippen LogP contribution in [0.15, 0.2) is 50.5 Å². The van der Waals surface area contributed by atoms with Gasteiger partial charge in [-0.2, -0.15) is 0 Å². The zero-order valence-electron chi connectivity index (χ0n) is 12.0. The van der Waals surface area contributed by atoms with E-state index in [0.717, 1.165) is 0 Å². The summed E-state index contributed by atoms with van der Waals surface area (Å²) in [6, 6.07) is 8.99. The maximum absolute atomic E-state index is 12.9. The number of halogens is 1. The molecule has 0 atom stereocenters.